The van der Waals surface area contributed by atoms with Gasteiger partial charge in [-0.15, -0.1) is 0 Å². The normalized spacial score (nSPS) is 12.7. The SMILES string of the molecule is Cn1cc(CC(N)c2ccc(F)c(Cl)c2)cn1. The lowest BCUT2D eigenvalue weighted by Gasteiger charge is -2.11. The Hall–Kier alpha value is -1.39. The minimum absolute atomic E-state index is 0.101. The predicted molar refractivity (Wildman–Crippen MR) is 65.3 cm³/mol. The molecule has 1 aromatic heterocycles. The maximum Gasteiger partial charge on any atom is 0.141 e. The molecule has 0 radical (unpaired) electrons. The first kappa shape index (κ1) is 12.1. The molecule has 1 atom stereocenters. The van der Waals surface area contributed by atoms with Crippen LogP contribution < -0.4 is 5.73 Å². The van der Waals surface area contributed by atoms with Crippen molar-refractivity contribution in [2.75, 3.05) is 0 Å². The fraction of sp³-hybridized carbons (Fsp3) is 0.250. The topological polar surface area (TPSA) is 43.8 Å². The molecule has 2 rings (SSSR count). The van der Waals surface area contributed by atoms with Crippen LogP contribution in [-0.2, 0) is 13.5 Å². The molecule has 90 valence electrons. The largest absolute Gasteiger partial charge is 0.324 e. The standard InChI is InChI=1S/C12H13ClFN3/c1-17-7-8(6-16-17)4-12(15)9-2-3-11(14)10(13)5-9/h2-3,5-7,12H,4,15H2,1H3. The zero-order valence-electron chi connectivity index (χ0n) is 9.40. The molecule has 0 spiro atoms. The van der Waals surface area contributed by atoms with E-state index in [0.717, 1.165) is 11.1 Å². The molecule has 1 aromatic carbocycles. The lowest BCUT2D eigenvalue weighted by molar-refractivity contribution is 0.625. The summed E-state index contributed by atoms with van der Waals surface area (Å²) < 4.78 is 14.7. The molecule has 5 heteroatoms. The highest BCUT2D eigenvalue weighted by Crippen LogP contribution is 2.21. The molecule has 3 nitrogen and oxygen atoms in total. The van der Waals surface area contributed by atoms with Crippen LogP contribution in [0.1, 0.15) is 17.2 Å². The van der Waals surface area contributed by atoms with E-state index >= 15 is 0 Å². The van der Waals surface area contributed by atoms with Gasteiger partial charge >= 0.3 is 0 Å². The Kier molecular flexibility index (Phi) is 3.45. The zero-order chi connectivity index (χ0) is 12.4. The van der Waals surface area contributed by atoms with Gasteiger partial charge in [-0.05, 0) is 29.7 Å². The van der Waals surface area contributed by atoms with Gasteiger partial charge in [0.15, 0.2) is 0 Å². The van der Waals surface area contributed by atoms with Gasteiger partial charge in [-0.25, -0.2) is 4.39 Å². The molecule has 0 saturated carbocycles. The quantitative estimate of drug-likeness (QED) is 0.913. The predicted octanol–water partition coefficient (Wildman–Crippen LogP) is 2.46. The van der Waals surface area contributed by atoms with Crippen molar-refractivity contribution in [2.24, 2.45) is 12.8 Å². The Balaban J connectivity index is 2.14. The third-order valence-electron chi connectivity index (χ3n) is 2.59. The molecule has 0 aliphatic carbocycles. The third kappa shape index (κ3) is 2.84. The van der Waals surface area contributed by atoms with E-state index in [9.17, 15) is 4.39 Å². The molecule has 17 heavy (non-hydrogen) atoms. The van der Waals surface area contributed by atoms with Crippen LogP contribution in [0.25, 0.3) is 0 Å². The smallest absolute Gasteiger partial charge is 0.141 e. The number of rotatable bonds is 3. The number of hydrogen-bond acceptors (Lipinski definition) is 2. The number of hydrogen-bond donors (Lipinski definition) is 1. The summed E-state index contributed by atoms with van der Waals surface area (Å²) in [5, 5.41) is 4.17. The second kappa shape index (κ2) is 4.85. The van der Waals surface area contributed by atoms with Gasteiger partial charge in [-0.2, -0.15) is 5.10 Å². The van der Waals surface area contributed by atoms with Crippen molar-refractivity contribution in [1.29, 1.82) is 0 Å². The van der Waals surface area contributed by atoms with Gasteiger partial charge in [-0.1, -0.05) is 17.7 Å². The van der Waals surface area contributed by atoms with Crippen LogP contribution in [0.5, 0.6) is 0 Å². The summed E-state index contributed by atoms with van der Waals surface area (Å²) in [6, 6.07) is 4.35. The molecule has 0 bridgehead atoms. The van der Waals surface area contributed by atoms with E-state index in [2.05, 4.69) is 5.10 Å². The summed E-state index contributed by atoms with van der Waals surface area (Å²) in [4.78, 5) is 0. The van der Waals surface area contributed by atoms with E-state index in [-0.39, 0.29) is 11.1 Å². The first-order chi connectivity index (χ1) is 8.06. The lowest BCUT2D eigenvalue weighted by Crippen LogP contribution is -2.13. The highest BCUT2D eigenvalue weighted by molar-refractivity contribution is 6.30. The molecule has 1 unspecified atom stereocenters. The molecule has 1 heterocycles. The zero-order valence-corrected chi connectivity index (χ0v) is 10.2. The summed E-state index contributed by atoms with van der Waals surface area (Å²) in [5.41, 5.74) is 7.90. The number of aromatic nitrogens is 2. The van der Waals surface area contributed by atoms with Crippen molar-refractivity contribution in [3.05, 3.63) is 52.6 Å². The summed E-state index contributed by atoms with van der Waals surface area (Å²) >= 11 is 5.72. The van der Waals surface area contributed by atoms with Crippen molar-refractivity contribution in [2.45, 2.75) is 12.5 Å². The minimum Gasteiger partial charge on any atom is -0.324 e. The number of aryl methyl sites for hydroxylation is 1. The van der Waals surface area contributed by atoms with Crippen LogP contribution in [0.3, 0.4) is 0 Å². The van der Waals surface area contributed by atoms with Crippen molar-refractivity contribution in [1.82, 2.24) is 9.78 Å². The van der Waals surface area contributed by atoms with Gasteiger partial charge in [0, 0.05) is 19.3 Å². The minimum atomic E-state index is -0.427. The number of halogens is 2. The van der Waals surface area contributed by atoms with E-state index in [1.807, 2.05) is 13.2 Å². The van der Waals surface area contributed by atoms with Gasteiger partial charge in [0.05, 0.1) is 11.2 Å². The number of nitrogens with two attached hydrogens (primary N) is 1. The second-order valence-electron chi connectivity index (χ2n) is 4.01. The number of benzene rings is 1. The summed E-state index contributed by atoms with van der Waals surface area (Å²) in [5.74, 6) is -0.427. The first-order valence-corrected chi connectivity index (χ1v) is 5.62. The van der Waals surface area contributed by atoms with Gasteiger partial charge in [0.2, 0.25) is 0 Å². The first-order valence-electron chi connectivity index (χ1n) is 5.24. The number of nitrogens with zero attached hydrogens (tertiary/aromatic N) is 2. The molecule has 0 aliphatic heterocycles. The Morgan fingerprint density at radius 1 is 1.53 bits per heavy atom. The highest BCUT2D eigenvalue weighted by atomic mass is 35.5. The van der Waals surface area contributed by atoms with Crippen LogP contribution in [-0.4, -0.2) is 9.78 Å². The molecule has 2 N–H and O–H groups in total. The fourth-order valence-electron chi connectivity index (χ4n) is 1.69. The van der Waals surface area contributed by atoms with E-state index in [1.165, 1.54) is 6.07 Å². The van der Waals surface area contributed by atoms with Crippen molar-refractivity contribution < 1.29 is 4.39 Å². The van der Waals surface area contributed by atoms with Gasteiger partial charge in [-0.3, -0.25) is 4.68 Å². The van der Waals surface area contributed by atoms with E-state index in [4.69, 9.17) is 17.3 Å². The molecule has 0 amide bonds. The van der Waals surface area contributed by atoms with E-state index < -0.39 is 5.82 Å². The maximum absolute atomic E-state index is 13.0. The van der Waals surface area contributed by atoms with Crippen molar-refractivity contribution in [3.63, 3.8) is 0 Å². The molecular weight excluding hydrogens is 241 g/mol. The van der Waals surface area contributed by atoms with Gasteiger partial charge in [0.1, 0.15) is 5.82 Å². The molecular formula is C12H13ClFN3. The summed E-state index contributed by atoms with van der Waals surface area (Å²) in [6.07, 6.45) is 4.33. The molecule has 0 aliphatic rings. The monoisotopic (exact) mass is 253 g/mol. The van der Waals surface area contributed by atoms with E-state index in [1.54, 1.807) is 23.0 Å². The van der Waals surface area contributed by atoms with Crippen LogP contribution in [0.2, 0.25) is 5.02 Å². The second-order valence-corrected chi connectivity index (χ2v) is 4.41. The molecule has 0 fully saturated rings. The van der Waals surface area contributed by atoms with Crippen LogP contribution >= 0.6 is 11.6 Å². The Bertz CT molecular complexity index is 524. The van der Waals surface area contributed by atoms with Gasteiger partial charge in [0.25, 0.3) is 0 Å². The average Bonchev–Trinajstić information content (AvgIpc) is 2.68. The molecule has 0 saturated heterocycles. The van der Waals surface area contributed by atoms with Crippen LogP contribution in [0.15, 0.2) is 30.6 Å². The fourth-order valence-corrected chi connectivity index (χ4v) is 1.88. The molecule has 2 aromatic rings. The summed E-state index contributed by atoms with van der Waals surface area (Å²) in [6.45, 7) is 0. The Morgan fingerprint density at radius 2 is 2.29 bits per heavy atom. The highest BCUT2D eigenvalue weighted by Gasteiger charge is 2.10. The van der Waals surface area contributed by atoms with Crippen molar-refractivity contribution in [3.8, 4) is 0 Å². The average molecular weight is 254 g/mol. The van der Waals surface area contributed by atoms with Crippen molar-refractivity contribution >= 4 is 11.6 Å². The van der Waals surface area contributed by atoms with Crippen LogP contribution in [0.4, 0.5) is 4.39 Å². The Morgan fingerprint density at radius 3 is 2.88 bits per heavy atom. The van der Waals surface area contributed by atoms with Crippen LogP contribution in [0, 0.1) is 5.82 Å². The van der Waals surface area contributed by atoms with E-state index in [0.29, 0.717) is 6.42 Å². The third-order valence-corrected chi connectivity index (χ3v) is 2.88. The Labute approximate surface area is 104 Å². The summed E-state index contributed by atoms with van der Waals surface area (Å²) in [7, 11) is 1.85. The van der Waals surface area contributed by atoms with Gasteiger partial charge < -0.3 is 5.73 Å². The lowest BCUT2D eigenvalue weighted by atomic mass is 10.0. The maximum atomic E-state index is 13.0.